The van der Waals surface area contributed by atoms with E-state index in [1.165, 1.54) is 7.11 Å². The number of halogens is 2. The first-order chi connectivity index (χ1) is 13.0. The molecular weight excluding hydrogens is 401 g/mol. The van der Waals surface area contributed by atoms with Gasteiger partial charge in [-0.15, -0.1) is 12.4 Å². The lowest BCUT2D eigenvalue weighted by atomic mass is 10.1. The molecule has 2 amide bonds. The number of nitrogens with one attached hydrogen (secondary N) is 1. The molecule has 1 heterocycles. The van der Waals surface area contributed by atoms with Crippen LogP contribution in [0.2, 0.25) is 5.02 Å². The summed E-state index contributed by atoms with van der Waals surface area (Å²) >= 11 is 6.05. The van der Waals surface area contributed by atoms with Gasteiger partial charge in [-0.1, -0.05) is 23.7 Å². The van der Waals surface area contributed by atoms with Gasteiger partial charge in [0.15, 0.2) is 0 Å². The van der Waals surface area contributed by atoms with Gasteiger partial charge in [0.05, 0.1) is 18.7 Å². The second-order valence-electron chi connectivity index (χ2n) is 6.50. The van der Waals surface area contributed by atoms with Crippen LogP contribution < -0.4 is 20.7 Å². The van der Waals surface area contributed by atoms with E-state index in [0.29, 0.717) is 41.7 Å². The second-order valence-corrected chi connectivity index (χ2v) is 6.94. The number of hydrogen-bond donors (Lipinski definition) is 2. The Hall–Kier alpha value is -2.44. The molecule has 3 N–H and O–H groups in total. The highest BCUT2D eigenvalue weighted by Gasteiger charge is 2.36. The number of rotatable bonds is 6. The van der Waals surface area contributed by atoms with Crippen LogP contribution in [0.4, 0.5) is 11.4 Å². The van der Waals surface area contributed by atoms with E-state index in [9.17, 15) is 9.59 Å². The first kappa shape index (κ1) is 21.9. The molecule has 0 saturated carbocycles. The zero-order valence-electron chi connectivity index (χ0n) is 15.5. The van der Waals surface area contributed by atoms with E-state index in [-0.39, 0.29) is 30.6 Å². The number of amides is 2. The first-order valence-electron chi connectivity index (χ1n) is 8.74. The molecular formula is C20H23Cl2N3O3. The molecule has 0 spiro atoms. The predicted molar refractivity (Wildman–Crippen MR) is 113 cm³/mol. The van der Waals surface area contributed by atoms with Crippen molar-refractivity contribution in [1.82, 2.24) is 5.32 Å². The number of benzene rings is 2. The molecule has 1 saturated heterocycles. The van der Waals surface area contributed by atoms with Gasteiger partial charge >= 0.3 is 0 Å². The summed E-state index contributed by atoms with van der Waals surface area (Å²) in [6.07, 6.45) is 0.877. The minimum absolute atomic E-state index is 0. The molecule has 0 radical (unpaired) electrons. The van der Waals surface area contributed by atoms with Crippen LogP contribution in [0.1, 0.15) is 12.0 Å². The van der Waals surface area contributed by atoms with Gasteiger partial charge in [-0.3, -0.25) is 9.59 Å². The molecule has 0 bridgehead atoms. The van der Waals surface area contributed by atoms with Crippen LogP contribution in [0.15, 0.2) is 42.5 Å². The number of anilines is 2. The van der Waals surface area contributed by atoms with E-state index in [0.717, 1.165) is 5.56 Å². The van der Waals surface area contributed by atoms with E-state index in [1.807, 2.05) is 24.3 Å². The Kier molecular flexibility index (Phi) is 7.54. The molecule has 8 heteroatoms. The number of nitrogens with two attached hydrogens (primary N) is 1. The molecule has 1 unspecified atom stereocenters. The van der Waals surface area contributed by atoms with Crippen molar-refractivity contribution in [1.29, 1.82) is 0 Å². The average molecular weight is 424 g/mol. The lowest BCUT2D eigenvalue weighted by Crippen LogP contribution is -2.34. The molecule has 1 aliphatic heterocycles. The number of methoxy groups -OCH3 is 1. The van der Waals surface area contributed by atoms with E-state index in [4.69, 9.17) is 22.1 Å². The normalized spacial score (nSPS) is 15.9. The average Bonchev–Trinajstić information content (AvgIpc) is 3.05. The van der Waals surface area contributed by atoms with E-state index in [2.05, 4.69) is 5.32 Å². The summed E-state index contributed by atoms with van der Waals surface area (Å²) in [5.74, 6) is -0.0821. The number of carbonyl (C=O) groups excluding carboxylic acids is 2. The van der Waals surface area contributed by atoms with Gasteiger partial charge in [0.1, 0.15) is 5.75 Å². The fourth-order valence-electron chi connectivity index (χ4n) is 3.15. The Labute approximate surface area is 175 Å². The number of ether oxygens (including phenoxy) is 1. The van der Waals surface area contributed by atoms with Crippen molar-refractivity contribution in [3.63, 3.8) is 0 Å². The van der Waals surface area contributed by atoms with Gasteiger partial charge in [0, 0.05) is 30.2 Å². The molecule has 6 nitrogen and oxygen atoms in total. The van der Waals surface area contributed by atoms with Gasteiger partial charge in [-0.05, 0) is 42.3 Å². The number of hydrogen-bond acceptors (Lipinski definition) is 4. The van der Waals surface area contributed by atoms with Crippen LogP contribution in [0, 0.1) is 5.92 Å². The number of nitrogens with zero attached hydrogens (tertiary/aromatic N) is 1. The Morgan fingerprint density at radius 3 is 2.68 bits per heavy atom. The molecule has 150 valence electrons. The molecule has 2 aromatic rings. The summed E-state index contributed by atoms with van der Waals surface area (Å²) in [6, 6.07) is 12.6. The monoisotopic (exact) mass is 423 g/mol. The van der Waals surface area contributed by atoms with Crippen molar-refractivity contribution in [2.75, 3.05) is 30.8 Å². The Morgan fingerprint density at radius 2 is 2.00 bits per heavy atom. The topological polar surface area (TPSA) is 84.7 Å². The van der Waals surface area contributed by atoms with Gasteiger partial charge in [-0.25, -0.2) is 0 Å². The smallest absolute Gasteiger partial charge is 0.227 e. The quantitative estimate of drug-likeness (QED) is 0.699. The Morgan fingerprint density at radius 1 is 1.29 bits per heavy atom. The van der Waals surface area contributed by atoms with Gasteiger partial charge in [0.2, 0.25) is 11.8 Å². The summed E-state index contributed by atoms with van der Waals surface area (Å²) in [5.41, 5.74) is 8.06. The van der Waals surface area contributed by atoms with Crippen LogP contribution in [-0.2, 0) is 16.0 Å². The third kappa shape index (κ3) is 5.09. The molecule has 2 aromatic carbocycles. The largest absolute Gasteiger partial charge is 0.495 e. The second kappa shape index (κ2) is 9.66. The Balaban J connectivity index is 0.00000280. The van der Waals surface area contributed by atoms with E-state index < -0.39 is 5.92 Å². The van der Waals surface area contributed by atoms with Crippen LogP contribution >= 0.6 is 24.0 Å². The van der Waals surface area contributed by atoms with Crippen LogP contribution in [0.25, 0.3) is 0 Å². The van der Waals surface area contributed by atoms with E-state index in [1.54, 1.807) is 23.1 Å². The fraction of sp³-hybridized carbons (Fsp3) is 0.300. The van der Waals surface area contributed by atoms with Crippen molar-refractivity contribution in [2.24, 2.45) is 5.92 Å². The third-order valence-electron chi connectivity index (χ3n) is 4.62. The maximum absolute atomic E-state index is 12.5. The summed E-state index contributed by atoms with van der Waals surface area (Å²) < 4.78 is 5.32. The molecule has 0 aliphatic carbocycles. The minimum atomic E-state index is -0.396. The van der Waals surface area contributed by atoms with Crippen molar-refractivity contribution in [2.45, 2.75) is 12.8 Å². The highest BCUT2D eigenvalue weighted by atomic mass is 35.5. The van der Waals surface area contributed by atoms with Gasteiger partial charge in [-0.2, -0.15) is 0 Å². The summed E-state index contributed by atoms with van der Waals surface area (Å²) in [6.45, 7) is 0.817. The molecule has 1 aliphatic rings. The summed E-state index contributed by atoms with van der Waals surface area (Å²) in [4.78, 5) is 26.5. The third-order valence-corrected chi connectivity index (χ3v) is 4.86. The zero-order chi connectivity index (χ0) is 19.4. The van der Waals surface area contributed by atoms with Gasteiger partial charge in [0.25, 0.3) is 0 Å². The van der Waals surface area contributed by atoms with Crippen LogP contribution in [0.3, 0.4) is 0 Å². The van der Waals surface area contributed by atoms with Crippen LogP contribution in [-0.4, -0.2) is 32.0 Å². The molecule has 0 aromatic heterocycles. The highest BCUT2D eigenvalue weighted by Crippen LogP contribution is 2.35. The van der Waals surface area contributed by atoms with E-state index >= 15 is 0 Å². The standard InChI is InChI=1S/C20H22ClN3O3.ClH/c1-27-18-7-4-15(21)11-17(18)24-12-14(10-19(24)25)20(26)23-9-8-13-2-5-16(22)6-3-13;/h2-7,11,14H,8-10,12,22H2,1H3,(H,23,26);1H. The summed E-state index contributed by atoms with van der Waals surface area (Å²) in [5, 5.41) is 3.42. The molecule has 28 heavy (non-hydrogen) atoms. The molecule has 3 rings (SSSR count). The zero-order valence-corrected chi connectivity index (χ0v) is 17.1. The predicted octanol–water partition coefficient (Wildman–Crippen LogP) is 3.06. The maximum atomic E-state index is 12.5. The first-order valence-corrected chi connectivity index (χ1v) is 9.11. The maximum Gasteiger partial charge on any atom is 0.227 e. The van der Waals surface area contributed by atoms with Crippen molar-refractivity contribution < 1.29 is 14.3 Å². The fourth-order valence-corrected chi connectivity index (χ4v) is 3.32. The van der Waals surface area contributed by atoms with Crippen molar-refractivity contribution in [3.05, 3.63) is 53.1 Å². The molecule has 1 fully saturated rings. The number of carbonyl (C=O) groups is 2. The lowest BCUT2D eigenvalue weighted by Gasteiger charge is -2.19. The van der Waals surface area contributed by atoms with Crippen molar-refractivity contribution >= 4 is 47.2 Å². The molecule has 1 atom stereocenters. The van der Waals surface area contributed by atoms with Crippen molar-refractivity contribution in [3.8, 4) is 5.75 Å². The minimum Gasteiger partial charge on any atom is -0.495 e. The summed E-state index contributed by atoms with van der Waals surface area (Å²) in [7, 11) is 1.54. The van der Waals surface area contributed by atoms with Crippen LogP contribution in [0.5, 0.6) is 5.75 Å². The number of nitrogen functional groups attached to an aromatic ring is 1. The van der Waals surface area contributed by atoms with Gasteiger partial charge < -0.3 is 20.7 Å². The SMILES string of the molecule is COc1ccc(Cl)cc1N1CC(C(=O)NCCc2ccc(N)cc2)CC1=O.Cl. The highest BCUT2D eigenvalue weighted by molar-refractivity contribution is 6.31. The Bertz CT molecular complexity index is 843. The lowest BCUT2D eigenvalue weighted by molar-refractivity contribution is -0.126.